The number of aliphatic carboxylic acids is 2. The molecule has 0 saturated heterocycles. The van der Waals surface area contributed by atoms with Gasteiger partial charge in [-0.05, 0) is 13.8 Å². The summed E-state index contributed by atoms with van der Waals surface area (Å²) < 4.78 is 0. The molecule has 0 aromatic heterocycles. The Morgan fingerprint density at radius 3 is 1.21 bits per heavy atom. The molecule has 0 unspecified atom stereocenters. The Morgan fingerprint density at radius 1 is 0.895 bits per heavy atom. The van der Waals surface area contributed by atoms with E-state index in [0.29, 0.717) is 13.1 Å². The zero-order valence-corrected chi connectivity index (χ0v) is 11.3. The molecule has 0 heterocycles. The number of carboxylic acids is 2. The van der Waals surface area contributed by atoms with Gasteiger partial charge in [0.25, 0.3) is 0 Å². The molecule has 0 aromatic carbocycles. The monoisotopic (exact) mass is 277 g/mol. The fourth-order valence-electron chi connectivity index (χ4n) is 0.283. The number of aliphatic hydroxyl groups excluding tert-OH is 2. The second-order valence-electron chi connectivity index (χ2n) is 3.37. The van der Waals surface area contributed by atoms with Crippen LogP contribution in [0.3, 0.4) is 0 Å². The second kappa shape index (κ2) is 16.3. The summed E-state index contributed by atoms with van der Waals surface area (Å²) in [5.41, 5.74) is 0.352. The number of hydrogen-bond acceptors (Lipinski definition) is 5. The Kier molecular flexibility index (Phi) is 19.3. The third kappa shape index (κ3) is 31.4. The summed E-state index contributed by atoms with van der Waals surface area (Å²) in [5.74, 6) is -1.87. The maximum Gasteiger partial charge on any atom is 0.330 e. The standard InChI is InChI=1S/C4H11NO2.2C4H6O2/c6-3-1-5-2-4-7;2*1-3(2)4(5)6/h5-7H,1-4H2;2*1H2,2H3,(H,5,6). The topological polar surface area (TPSA) is 127 Å². The van der Waals surface area contributed by atoms with Gasteiger partial charge in [-0.3, -0.25) is 0 Å². The highest BCUT2D eigenvalue weighted by molar-refractivity contribution is 5.85. The first-order valence-corrected chi connectivity index (χ1v) is 5.40. The van der Waals surface area contributed by atoms with E-state index >= 15 is 0 Å². The lowest BCUT2D eigenvalue weighted by molar-refractivity contribution is -0.133. The molecule has 19 heavy (non-hydrogen) atoms. The van der Waals surface area contributed by atoms with Crippen molar-refractivity contribution in [2.45, 2.75) is 13.8 Å². The number of rotatable bonds is 6. The summed E-state index contributed by atoms with van der Waals surface area (Å²) in [5, 5.41) is 34.9. The van der Waals surface area contributed by atoms with Crippen molar-refractivity contribution in [2.75, 3.05) is 26.3 Å². The van der Waals surface area contributed by atoms with Gasteiger partial charge in [0, 0.05) is 24.2 Å². The smallest absolute Gasteiger partial charge is 0.330 e. The first-order chi connectivity index (χ1) is 8.70. The predicted octanol–water partition coefficient (Wildman–Crippen LogP) is -0.145. The fraction of sp³-hybridized carbons (Fsp3) is 0.500. The van der Waals surface area contributed by atoms with E-state index in [1.54, 1.807) is 0 Å². The minimum absolute atomic E-state index is 0.139. The van der Waals surface area contributed by atoms with Crippen molar-refractivity contribution in [3.63, 3.8) is 0 Å². The summed E-state index contributed by atoms with van der Waals surface area (Å²) in [4.78, 5) is 19.2. The van der Waals surface area contributed by atoms with E-state index < -0.39 is 11.9 Å². The van der Waals surface area contributed by atoms with Crippen LogP contribution in [0.1, 0.15) is 13.8 Å². The van der Waals surface area contributed by atoms with E-state index in [9.17, 15) is 9.59 Å². The van der Waals surface area contributed by atoms with Crippen LogP contribution in [-0.4, -0.2) is 58.7 Å². The molecular formula is C12H23NO6. The Morgan fingerprint density at radius 2 is 1.11 bits per heavy atom. The molecule has 112 valence electrons. The molecule has 0 amide bonds. The first kappa shape index (κ1) is 22.5. The third-order valence-corrected chi connectivity index (χ3v) is 1.31. The molecule has 7 nitrogen and oxygen atoms in total. The van der Waals surface area contributed by atoms with Crippen molar-refractivity contribution >= 4 is 11.9 Å². The van der Waals surface area contributed by atoms with E-state index in [4.69, 9.17) is 20.4 Å². The lowest BCUT2D eigenvalue weighted by atomic mass is 10.4. The van der Waals surface area contributed by atoms with Gasteiger partial charge in [0.15, 0.2) is 0 Å². The molecule has 5 N–H and O–H groups in total. The Hall–Kier alpha value is -1.70. The zero-order chi connectivity index (χ0) is 15.8. The number of aliphatic hydroxyl groups is 2. The van der Waals surface area contributed by atoms with Gasteiger partial charge in [0.05, 0.1) is 13.2 Å². The molecule has 0 rings (SSSR count). The van der Waals surface area contributed by atoms with Crippen molar-refractivity contribution in [3.05, 3.63) is 24.3 Å². The van der Waals surface area contributed by atoms with E-state index in [0.717, 1.165) is 0 Å². The number of carbonyl (C=O) groups is 2. The molecule has 0 aliphatic heterocycles. The van der Waals surface area contributed by atoms with Crippen molar-refractivity contribution in [1.29, 1.82) is 0 Å². The minimum Gasteiger partial charge on any atom is -0.478 e. The molecule has 0 fully saturated rings. The summed E-state index contributed by atoms with van der Waals surface area (Å²) in [6.45, 7) is 10.6. The van der Waals surface area contributed by atoms with Crippen LogP contribution in [0.2, 0.25) is 0 Å². The van der Waals surface area contributed by atoms with Crippen molar-refractivity contribution in [1.82, 2.24) is 5.32 Å². The lowest BCUT2D eigenvalue weighted by Crippen LogP contribution is -2.21. The van der Waals surface area contributed by atoms with Gasteiger partial charge in [0.2, 0.25) is 0 Å². The Bertz CT molecular complexity index is 236. The van der Waals surface area contributed by atoms with Crippen LogP contribution >= 0.6 is 0 Å². The second-order valence-corrected chi connectivity index (χ2v) is 3.37. The van der Waals surface area contributed by atoms with E-state index in [1.165, 1.54) is 13.8 Å². The molecule has 0 spiro atoms. The van der Waals surface area contributed by atoms with Crippen LogP contribution in [-0.2, 0) is 9.59 Å². The molecule has 0 aliphatic carbocycles. The highest BCUT2D eigenvalue weighted by Crippen LogP contribution is 1.81. The van der Waals surface area contributed by atoms with E-state index in [1.807, 2.05) is 0 Å². The Balaban J connectivity index is -0.000000203. The van der Waals surface area contributed by atoms with Gasteiger partial charge in [0.1, 0.15) is 0 Å². The maximum atomic E-state index is 9.60. The molecule has 0 aliphatic rings. The molecule has 0 atom stereocenters. The number of nitrogens with one attached hydrogen (secondary N) is 1. The van der Waals surface area contributed by atoms with Gasteiger partial charge in [-0.25, -0.2) is 9.59 Å². The van der Waals surface area contributed by atoms with Gasteiger partial charge >= 0.3 is 11.9 Å². The van der Waals surface area contributed by atoms with Gasteiger partial charge in [-0.15, -0.1) is 0 Å². The molecule has 0 aromatic rings. The minimum atomic E-state index is -0.935. The SMILES string of the molecule is C=C(C)C(=O)O.C=C(C)C(=O)O.OCCNCCO. The molecule has 0 saturated carbocycles. The average molecular weight is 277 g/mol. The number of hydrogen-bond donors (Lipinski definition) is 5. The molecule has 0 radical (unpaired) electrons. The molecule has 0 bridgehead atoms. The highest BCUT2D eigenvalue weighted by atomic mass is 16.4. The maximum absolute atomic E-state index is 9.60. The fourth-order valence-corrected chi connectivity index (χ4v) is 0.283. The highest BCUT2D eigenvalue weighted by Gasteiger charge is 1.90. The van der Waals surface area contributed by atoms with Crippen molar-refractivity contribution < 1.29 is 30.0 Å². The zero-order valence-electron chi connectivity index (χ0n) is 11.3. The van der Waals surface area contributed by atoms with E-state index in [2.05, 4.69) is 18.5 Å². The van der Waals surface area contributed by atoms with Crippen LogP contribution in [0.5, 0.6) is 0 Å². The molecule has 7 heteroatoms. The third-order valence-electron chi connectivity index (χ3n) is 1.31. The van der Waals surface area contributed by atoms with Crippen LogP contribution < -0.4 is 5.32 Å². The normalized spacial score (nSPS) is 8.21. The number of carboxylic acid groups (broad SMARTS) is 2. The van der Waals surface area contributed by atoms with Crippen molar-refractivity contribution in [3.8, 4) is 0 Å². The van der Waals surface area contributed by atoms with Gasteiger partial charge in [-0.1, -0.05) is 13.2 Å². The van der Waals surface area contributed by atoms with Crippen LogP contribution in [0.25, 0.3) is 0 Å². The molecular weight excluding hydrogens is 254 g/mol. The summed E-state index contributed by atoms with van der Waals surface area (Å²) in [7, 11) is 0. The lowest BCUT2D eigenvalue weighted by Gasteiger charge is -1.94. The Labute approximate surface area is 112 Å². The summed E-state index contributed by atoms with van der Waals surface area (Å²) in [6, 6.07) is 0. The van der Waals surface area contributed by atoms with Crippen molar-refractivity contribution in [2.24, 2.45) is 0 Å². The largest absolute Gasteiger partial charge is 0.478 e. The first-order valence-electron chi connectivity index (χ1n) is 5.40. The summed E-state index contributed by atoms with van der Waals surface area (Å²) >= 11 is 0. The quantitative estimate of drug-likeness (QED) is 0.337. The van der Waals surface area contributed by atoms with Crippen LogP contribution in [0.15, 0.2) is 24.3 Å². The van der Waals surface area contributed by atoms with Crippen LogP contribution in [0, 0.1) is 0 Å². The van der Waals surface area contributed by atoms with Gasteiger partial charge < -0.3 is 25.7 Å². The van der Waals surface area contributed by atoms with Gasteiger partial charge in [-0.2, -0.15) is 0 Å². The average Bonchev–Trinajstić information content (AvgIpc) is 2.31. The van der Waals surface area contributed by atoms with E-state index in [-0.39, 0.29) is 24.4 Å². The van der Waals surface area contributed by atoms with Crippen LogP contribution in [0.4, 0.5) is 0 Å². The predicted molar refractivity (Wildman–Crippen MR) is 71.9 cm³/mol. The summed E-state index contributed by atoms with van der Waals surface area (Å²) in [6.07, 6.45) is 0.